The molecular formula is C26H24FN3O3S. The van der Waals surface area contributed by atoms with Crippen molar-refractivity contribution in [2.75, 3.05) is 13.2 Å². The molecule has 0 radical (unpaired) electrons. The van der Waals surface area contributed by atoms with Crippen LogP contribution in [0.3, 0.4) is 0 Å². The van der Waals surface area contributed by atoms with Crippen molar-refractivity contribution in [2.45, 2.75) is 19.8 Å². The van der Waals surface area contributed by atoms with Gasteiger partial charge >= 0.3 is 0 Å². The second-order valence-corrected chi connectivity index (χ2v) is 8.29. The third-order valence-electron chi connectivity index (χ3n) is 5.40. The summed E-state index contributed by atoms with van der Waals surface area (Å²) in [5.41, 5.74) is 1.62. The molecule has 4 rings (SSSR count). The van der Waals surface area contributed by atoms with Gasteiger partial charge in [-0.25, -0.2) is 8.96 Å². The number of unbranched alkanes of at least 4 members (excludes halogenated alkanes) is 1. The van der Waals surface area contributed by atoms with Crippen LogP contribution in [0.5, 0.6) is 5.75 Å². The summed E-state index contributed by atoms with van der Waals surface area (Å²) < 4.78 is 21.1. The molecule has 0 fully saturated rings. The second kappa shape index (κ2) is 10.4. The first-order valence-corrected chi connectivity index (χ1v) is 11.4. The topological polar surface area (TPSA) is 76.1 Å². The lowest BCUT2D eigenvalue weighted by Gasteiger charge is -2.10. The fourth-order valence-electron chi connectivity index (χ4n) is 3.57. The summed E-state index contributed by atoms with van der Waals surface area (Å²) in [7, 11) is 0. The predicted octanol–water partition coefficient (Wildman–Crippen LogP) is 5.08. The van der Waals surface area contributed by atoms with Gasteiger partial charge < -0.3 is 15.0 Å². The zero-order valence-electron chi connectivity index (χ0n) is 18.6. The Hall–Kier alpha value is -3.78. The Morgan fingerprint density at radius 2 is 1.85 bits per heavy atom. The highest BCUT2D eigenvalue weighted by atomic mass is 32.1. The maximum Gasteiger partial charge on any atom is 0.266 e. The van der Waals surface area contributed by atoms with Crippen molar-refractivity contribution in [2.24, 2.45) is 0 Å². The molecule has 34 heavy (non-hydrogen) atoms. The van der Waals surface area contributed by atoms with Crippen LogP contribution in [0.25, 0.3) is 16.6 Å². The van der Waals surface area contributed by atoms with Gasteiger partial charge in [0.2, 0.25) is 0 Å². The number of nitrogens with zero attached hydrogens (tertiary/aromatic N) is 1. The molecule has 1 aromatic heterocycles. The van der Waals surface area contributed by atoms with E-state index in [1.165, 1.54) is 17.7 Å². The van der Waals surface area contributed by atoms with Crippen LogP contribution in [0.4, 0.5) is 4.39 Å². The van der Waals surface area contributed by atoms with E-state index < -0.39 is 11.4 Å². The first kappa shape index (κ1) is 23.4. The average Bonchev–Trinajstić information content (AvgIpc) is 2.83. The van der Waals surface area contributed by atoms with E-state index in [-0.39, 0.29) is 16.4 Å². The van der Waals surface area contributed by atoms with Crippen LogP contribution >= 0.6 is 12.2 Å². The number of ether oxygens (including phenoxy) is 1. The van der Waals surface area contributed by atoms with Crippen molar-refractivity contribution in [3.05, 3.63) is 98.8 Å². The number of hydrogen-bond donors (Lipinski definition) is 2. The van der Waals surface area contributed by atoms with E-state index in [1.807, 2.05) is 31.2 Å². The van der Waals surface area contributed by atoms with Gasteiger partial charge in [-0.2, -0.15) is 0 Å². The summed E-state index contributed by atoms with van der Waals surface area (Å²) in [6, 6.07) is 18.5. The number of rotatable bonds is 8. The van der Waals surface area contributed by atoms with Crippen LogP contribution in [0, 0.1) is 17.5 Å². The molecule has 6 nitrogen and oxygen atoms in total. The van der Waals surface area contributed by atoms with Crippen molar-refractivity contribution in [1.29, 1.82) is 0 Å². The fourth-order valence-corrected chi connectivity index (χ4v) is 3.86. The number of aromatic amines is 1. The van der Waals surface area contributed by atoms with E-state index in [4.69, 9.17) is 17.0 Å². The molecule has 0 spiro atoms. The Morgan fingerprint density at radius 3 is 2.62 bits per heavy atom. The van der Waals surface area contributed by atoms with Crippen LogP contribution in [0.2, 0.25) is 0 Å². The molecule has 0 aliphatic heterocycles. The second-order valence-electron chi connectivity index (χ2n) is 7.91. The Balaban J connectivity index is 1.38. The zero-order chi connectivity index (χ0) is 24.1. The molecule has 0 atom stereocenters. The van der Waals surface area contributed by atoms with Gasteiger partial charge in [0.05, 0.1) is 23.2 Å². The summed E-state index contributed by atoms with van der Waals surface area (Å²) in [5.74, 6) is 0.0277. The van der Waals surface area contributed by atoms with Crippen molar-refractivity contribution < 1.29 is 13.9 Å². The first-order valence-electron chi connectivity index (χ1n) is 11.0. The predicted molar refractivity (Wildman–Crippen MR) is 133 cm³/mol. The minimum Gasteiger partial charge on any atom is -0.494 e. The molecule has 8 heteroatoms. The van der Waals surface area contributed by atoms with Gasteiger partial charge in [0.1, 0.15) is 11.6 Å². The van der Waals surface area contributed by atoms with Gasteiger partial charge in [0.25, 0.3) is 11.5 Å². The monoisotopic (exact) mass is 477 g/mol. The minimum absolute atomic E-state index is 0.0498. The van der Waals surface area contributed by atoms with Crippen molar-refractivity contribution in [3.8, 4) is 11.4 Å². The van der Waals surface area contributed by atoms with E-state index >= 15 is 0 Å². The lowest BCUT2D eigenvalue weighted by Crippen LogP contribution is -2.25. The number of H-pyrrole nitrogens is 1. The van der Waals surface area contributed by atoms with Crippen molar-refractivity contribution in [1.82, 2.24) is 14.9 Å². The number of carbonyl (C=O) groups excluding carboxylic acids is 1. The van der Waals surface area contributed by atoms with Crippen molar-refractivity contribution in [3.63, 3.8) is 0 Å². The largest absolute Gasteiger partial charge is 0.494 e. The van der Waals surface area contributed by atoms with E-state index in [0.717, 1.165) is 23.2 Å². The highest BCUT2D eigenvalue weighted by Gasteiger charge is 2.13. The summed E-state index contributed by atoms with van der Waals surface area (Å²) >= 11 is 5.30. The van der Waals surface area contributed by atoms with Gasteiger partial charge in [0.15, 0.2) is 4.77 Å². The number of amides is 1. The normalized spacial score (nSPS) is 10.9. The third-order valence-corrected chi connectivity index (χ3v) is 5.68. The lowest BCUT2D eigenvalue weighted by molar-refractivity contribution is 0.0952. The standard InChI is InChI=1S/C26H24FN3O3S/c1-17-8-11-19(12-9-17)33-15-5-4-14-28-24(31)18-10-13-20-22(16-18)29-26(34)30(25(20)32)23-7-3-2-6-21(23)27/h2-3,6-13,16H,4-5,14-15H2,1H3,(H,28,31)(H,29,34). The summed E-state index contributed by atoms with van der Waals surface area (Å²) in [6.07, 6.45) is 1.56. The smallest absolute Gasteiger partial charge is 0.266 e. The van der Waals surface area contributed by atoms with Crippen LogP contribution in [-0.2, 0) is 0 Å². The Bertz CT molecular complexity index is 1440. The molecule has 0 unspecified atom stereocenters. The number of aryl methyl sites for hydroxylation is 1. The number of halogens is 1. The minimum atomic E-state index is -0.552. The molecule has 0 aliphatic rings. The van der Waals surface area contributed by atoms with Gasteiger partial charge in [0, 0.05) is 12.1 Å². The number of aromatic nitrogens is 2. The van der Waals surface area contributed by atoms with Crippen LogP contribution in [0.15, 0.2) is 71.5 Å². The number of nitrogens with one attached hydrogen (secondary N) is 2. The van der Waals surface area contributed by atoms with E-state index in [2.05, 4.69) is 10.3 Å². The highest BCUT2D eigenvalue weighted by Crippen LogP contribution is 2.16. The molecule has 0 saturated heterocycles. The molecule has 0 aliphatic carbocycles. The molecule has 3 aromatic carbocycles. The highest BCUT2D eigenvalue weighted by molar-refractivity contribution is 7.71. The molecule has 1 amide bonds. The number of carbonyl (C=O) groups is 1. The maximum absolute atomic E-state index is 14.2. The van der Waals surface area contributed by atoms with Gasteiger partial charge in [-0.15, -0.1) is 0 Å². The first-order chi connectivity index (χ1) is 16.4. The summed E-state index contributed by atoms with van der Waals surface area (Å²) in [4.78, 5) is 28.5. The Labute approximate surface area is 201 Å². The number of para-hydroxylation sites is 1. The molecule has 4 aromatic rings. The number of benzene rings is 3. The SMILES string of the molecule is Cc1ccc(OCCCCNC(=O)c2ccc3c(=O)n(-c4ccccc4F)c(=S)[nH]c3c2)cc1. The molecule has 0 bridgehead atoms. The van der Waals surface area contributed by atoms with Crippen LogP contribution < -0.4 is 15.6 Å². The van der Waals surface area contributed by atoms with Gasteiger partial charge in [-0.1, -0.05) is 29.8 Å². The Kier molecular flexibility index (Phi) is 7.18. The number of fused-ring (bicyclic) bond motifs is 1. The van der Waals surface area contributed by atoms with E-state index in [1.54, 1.807) is 30.3 Å². The fraction of sp³-hybridized carbons (Fsp3) is 0.192. The summed E-state index contributed by atoms with van der Waals surface area (Å²) in [5, 5.41) is 3.18. The number of hydrogen-bond acceptors (Lipinski definition) is 4. The molecule has 174 valence electrons. The van der Waals surface area contributed by atoms with Crippen LogP contribution in [-0.4, -0.2) is 28.6 Å². The molecule has 1 heterocycles. The van der Waals surface area contributed by atoms with Crippen molar-refractivity contribution >= 4 is 29.0 Å². The maximum atomic E-state index is 14.2. The average molecular weight is 478 g/mol. The van der Waals surface area contributed by atoms with Gasteiger partial charge in [-0.05, 0) is 74.4 Å². The van der Waals surface area contributed by atoms with E-state index in [9.17, 15) is 14.0 Å². The zero-order valence-corrected chi connectivity index (χ0v) is 19.5. The van der Waals surface area contributed by atoms with Gasteiger partial charge in [-0.3, -0.25) is 9.59 Å². The molecule has 0 saturated carbocycles. The molecule has 2 N–H and O–H groups in total. The quantitative estimate of drug-likeness (QED) is 0.274. The van der Waals surface area contributed by atoms with Crippen LogP contribution in [0.1, 0.15) is 28.8 Å². The molecular weight excluding hydrogens is 453 g/mol. The lowest BCUT2D eigenvalue weighted by atomic mass is 10.1. The Morgan fingerprint density at radius 1 is 1.09 bits per heavy atom. The van der Waals surface area contributed by atoms with E-state index in [0.29, 0.717) is 29.6 Å². The third kappa shape index (κ3) is 5.23. The summed E-state index contributed by atoms with van der Waals surface area (Å²) in [6.45, 7) is 3.09.